The molecular formula is C10H14N6O3. The lowest BCUT2D eigenvalue weighted by Crippen LogP contribution is -2.32. The fraction of sp³-hybridized carbons (Fsp3) is 0.500. The Morgan fingerprint density at radius 3 is 3.11 bits per heavy atom. The van der Waals surface area contributed by atoms with Crippen molar-refractivity contribution in [1.29, 1.82) is 0 Å². The zero-order chi connectivity index (χ0) is 13.6. The summed E-state index contributed by atoms with van der Waals surface area (Å²) in [5.74, 6) is 0.0141. The normalized spacial score (nSPS) is 27.2. The van der Waals surface area contributed by atoms with Gasteiger partial charge in [-0.3, -0.25) is 14.3 Å². The molecule has 1 fully saturated rings. The number of fused-ring (bicyclic) bond motifs is 1. The number of aromatic amines is 1. The molecule has 0 radical (unpaired) electrons. The van der Waals surface area contributed by atoms with Gasteiger partial charge in [0.05, 0.1) is 19.0 Å². The summed E-state index contributed by atoms with van der Waals surface area (Å²) in [7, 11) is 0. The summed E-state index contributed by atoms with van der Waals surface area (Å²) in [4.78, 5) is 22.1. The van der Waals surface area contributed by atoms with Gasteiger partial charge < -0.3 is 21.3 Å². The average Bonchev–Trinajstić information content (AvgIpc) is 2.92. The number of ether oxygens (including phenoxy) is 1. The van der Waals surface area contributed by atoms with Crippen LogP contribution in [0.3, 0.4) is 0 Å². The fourth-order valence-corrected chi connectivity index (χ4v) is 2.25. The fourth-order valence-electron chi connectivity index (χ4n) is 2.25. The van der Waals surface area contributed by atoms with Gasteiger partial charge in [-0.2, -0.15) is 4.98 Å². The minimum Gasteiger partial charge on any atom is -0.394 e. The number of nitrogens with zero attached hydrogens (tertiary/aromatic N) is 3. The Morgan fingerprint density at radius 1 is 1.63 bits per heavy atom. The number of nitrogens with two attached hydrogens (primary N) is 2. The molecule has 1 saturated heterocycles. The van der Waals surface area contributed by atoms with Gasteiger partial charge in [-0.1, -0.05) is 0 Å². The number of aliphatic hydroxyl groups excluding tert-OH is 1. The Hall–Kier alpha value is -1.97. The Balaban J connectivity index is 2.05. The third kappa shape index (κ3) is 1.87. The highest BCUT2D eigenvalue weighted by Gasteiger charge is 2.34. The first kappa shape index (κ1) is 12.1. The van der Waals surface area contributed by atoms with Crippen LogP contribution in [0.5, 0.6) is 0 Å². The largest absolute Gasteiger partial charge is 0.394 e. The number of nitrogen functional groups attached to an aromatic ring is 1. The summed E-state index contributed by atoms with van der Waals surface area (Å²) in [5.41, 5.74) is 11.5. The van der Waals surface area contributed by atoms with Crippen LogP contribution in [0.2, 0.25) is 0 Å². The van der Waals surface area contributed by atoms with Gasteiger partial charge in [0.25, 0.3) is 5.56 Å². The van der Waals surface area contributed by atoms with Crippen molar-refractivity contribution in [2.75, 3.05) is 12.3 Å². The van der Waals surface area contributed by atoms with Crippen LogP contribution < -0.4 is 17.0 Å². The third-order valence-electron chi connectivity index (χ3n) is 3.22. The van der Waals surface area contributed by atoms with E-state index in [1.807, 2.05) is 0 Å². The van der Waals surface area contributed by atoms with Crippen LogP contribution in [0.4, 0.5) is 5.95 Å². The number of H-pyrrole nitrogens is 1. The predicted molar refractivity (Wildman–Crippen MR) is 66.1 cm³/mol. The van der Waals surface area contributed by atoms with Crippen LogP contribution in [0.15, 0.2) is 11.1 Å². The van der Waals surface area contributed by atoms with Crippen molar-refractivity contribution in [3.8, 4) is 0 Å². The van der Waals surface area contributed by atoms with E-state index in [-0.39, 0.29) is 24.1 Å². The minimum atomic E-state index is -0.429. The monoisotopic (exact) mass is 266 g/mol. The summed E-state index contributed by atoms with van der Waals surface area (Å²) in [6, 6.07) is -0.271. The standard InChI is InChI=1S/C10H14N6O3/c11-4-1-6(19-5(4)2-17)16-3-13-7-8(16)14-10(12)15-9(7)18/h3-6,17H,1-2,11H2,(H3,12,14,15,18). The summed E-state index contributed by atoms with van der Waals surface area (Å²) >= 11 is 0. The van der Waals surface area contributed by atoms with Crippen molar-refractivity contribution in [2.45, 2.75) is 24.8 Å². The molecule has 0 saturated carbocycles. The van der Waals surface area contributed by atoms with Gasteiger partial charge in [-0.05, 0) is 0 Å². The first-order valence-corrected chi connectivity index (χ1v) is 5.84. The molecule has 9 nitrogen and oxygen atoms in total. The van der Waals surface area contributed by atoms with E-state index in [4.69, 9.17) is 21.3 Å². The molecule has 3 rings (SSSR count). The van der Waals surface area contributed by atoms with Crippen LogP contribution in [0, 0.1) is 0 Å². The van der Waals surface area contributed by atoms with Crippen molar-refractivity contribution in [1.82, 2.24) is 19.5 Å². The summed E-state index contributed by atoms with van der Waals surface area (Å²) in [6.45, 7) is -0.152. The lowest BCUT2D eigenvalue weighted by atomic mass is 10.1. The second-order valence-corrected chi connectivity index (χ2v) is 4.49. The van der Waals surface area contributed by atoms with Gasteiger partial charge in [-0.25, -0.2) is 4.98 Å². The lowest BCUT2D eigenvalue weighted by Gasteiger charge is -2.13. The van der Waals surface area contributed by atoms with Crippen molar-refractivity contribution in [3.05, 3.63) is 16.7 Å². The van der Waals surface area contributed by atoms with Gasteiger partial charge in [0.15, 0.2) is 11.2 Å². The number of rotatable bonds is 2. The van der Waals surface area contributed by atoms with Crippen LogP contribution in [-0.2, 0) is 4.74 Å². The molecule has 102 valence electrons. The second kappa shape index (κ2) is 4.30. The molecule has 0 aliphatic carbocycles. The molecule has 0 spiro atoms. The zero-order valence-corrected chi connectivity index (χ0v) is 9.98. The van der Waals surface area contributed by atoms with E-state index in [0.29, 0.717) is 12.1 Å². The molecular weight excluding hydrogens is 252 g/mol. The van der Waals surface area contributed by atoms with Gasteiger partial charge in [0.1, 0.15) is 6.23 Å². The Bertz CT molecular complexity index is 665. The van der Waals surface area contributed by atoms with Crippen LogP contribution in [-0.4, -0.2) is 43.4 Å². The smallest absolute Gasteiger partial charge is 0.280 e. The first-order valence-electron chi connectivity index (χ1n) is 5.84. The van der Waals surface area contributed by atoms with E-state index >= 15 is 0 Å². The number of hydrogen-bond acceptors (Lipinski definition) is 7. The average molecular weight is 266 g/mol. The second-order valence-electron chi connectivity index (χ2n) is 4.49. The Morgan fingerprint density at radius 2 is 2.42 bits per heavy atom. The van der Waals surface area contributed by atoms with Gasteiger partial charge in [-0.15, -0.1) is 0 Å². The molecule has 3 atom stereocenters. The number of nitrogens with one attached hydrogen (secondary N) is 1. The van der Waals surface area contributed by atoms with E-state index < -0.39 is 17.9 Å². The van der Waals surface area contributed by atoms with Crippen LogP contribution >= 0.6 is 0 Å². The highest BCUT2D eigenvalue weighted by molar-refractivity contribution is 5.70. The molecule has 0 aromatic carbocycles. The lowest BCUT2D eigenvalue weighted by molar-refractivity contribution is -0.0233. The van der Waals surface area contributed by atoms with Crippen molar-refractivity contribution in [2.24, 2.45) is 5.73 Å². The number of aliphatic hydroxyl groups is 1. The SMILES string of the molecule is Nc1nc2c(ncn2C2CC(N)C(CO)O2)c(=O)[nH]1. The molecule has 2 aromatic heterocycles. The summed E-state index contributed by atoms with van der Waals surface area (Å²) < 4.78 is 7.22. The highest BCUT2D eigenvalue weighted by Crippen LogP contribution is 2.29. The van der Waals surface area contributed by atoms with Crippen LogP contribution in [0.25, 0.3) is 11.2 Å². The topological polar surface area (TPSA) is 145 Å². The third-order valence-corrected chi connectivity index (χ3v) is 3.22. The maximum Gasteiger partial charge on any atom is 0.280 e. The van der Waals surface area contributed by atoms with E-state index in [1.165, 1.54) is 6.33 Å². The molecule has 2 aromatic rings. The number of aromatic nitrogens is 4. The van der Waals surface area contributed by atoms with E-state index in [2.05, 4.69) is 15.0 Å². The molecule has 9 heteroatoms. The molecule has 0 bridgehead atoms. The van der Waals surface area contributed by atoms with E-state index in [1.54, 1.807) is 4.57 Å². The van der Waals surface area contributed by atoms with E-state index in [9.17, 15) is 4.79 Å². The summed E-state index contributed by atoms with van der Waals surface area (Å²) in [6.07, 6.45) is 1.13. The maximum absolute atomic E-state index is 11.7. The number of anilines is 1. The number of hydrogen-bond donors (Lipinski definition) is 4. The predicted octanol–water partition coefficient (Wildman–Crippen LogP) is -1.69. The highest BCUT2D eigenvalue weighted by atomic mass is 16.5. The van der Waals surface area contributed by atoms with Crippen molar-refractivity contribution >= 4 is 17.1 Å². The zero-order valence-electron chi connectivity index (χ0n) is 9.98. The van der Waals surface area contributed by atoms with Crippen molar-refractivity contribution in [3.63, 3.8) is 0 Å². The molecule has 3 heterocycles. The van der Waals surface area contributed by atoms with Gasteiger partial charge in [0.2, 0.25) is 5.95 Å². The number of imidazole rings is 1. The maximum atomic E-state index is 11.7. The quantitative estimate of drug-likeness (QED) is 0.507. The minimum absolute atomic E-state index is 0.0141. The Kier molecular flexibility index (Phi) is 2.73. The van der Waals surface area contributed by atoms with E-state index in [0.717, 1.165) is 0 Å². The van der Waals surface area contributed by atoms with Crippen LogP contribution in [0.1, 0.15) is 12.6 Å². The molecule has 1 aliphatic heterocycles. The van der Waals surface area contributed by atoms with Gasteiger partial charge >= 0.3 is 0 Å². The summed E-state index contributed by atoms with van der Waals surface area (Å²) in [5, 5.41) is 9.13. The first-order chi connectivity index (χ1) is 9.10. The molecule has 6 N–H and O–H groups in total. The Labute approximate surface area is 107 Å². The molecule has 19 heavy (non-hydrogen) atoms. The van der Waals surface area contributed by atoms with Gasteiger partial charge in [0, 0.05) is 12.5 Å². The van der Waals surface area contributed by atoms with Crippen molar-refractivity contribution < 1.29 is 9.84 Å². The molecule has 0 amide bonds. The molecule has 1 aliphatic rings. The molecule has 3 unspecified atom stereocenters.